The van der Waals surface area contributed by atoms with Crippen LogP contribution in [0, 0.1) is 0 Å². The minimum Gasteiger partial charge on any atom is -0.478 e. The molecule has 0 fully saturated rings. The maximum Gasteiger partial charge on any atom is 0.337 e. The summed E-state index contributed by atoms with van der Waals surface area (Å²) in [5.41, 5.74) is 2.07. The summed E-state index contributed by atoms with van der Waals surface area (Å²) < 4.78 is 1.74. The lowest BCUT2D eigenvalue weighted by molar-refractivity contribution is 0.0698. The van der Waals surface area contributed by atoms with Gasteiger partial charge in [-0.3, -0.25) is 4.98 Å². The fourth-order valence-corrected chi connectivity index (χ4v) is 2.63. The van der Waals surface area contributed by atoms with Gasteiger partial charge in [-0.1, -0.05) is 32.4 Å². The van der Waals surface area contributed by atoms with Crippen LogP contribution in [0.2, 0.25) is 5.02 Å². The normalized spacial score (nSPS) is 11.4. The SMILES string of the molecule is CC(C)(C)c1cc(Nc2ccc(Cl)cc2C(=O)O)n(-c2ccncc2)n1. The first-order valence-electron chi connectivity index (χ1n) is 8.06. The molecule has 7 heteroatoms. The fraction of sp³-hybridized carbons (Fsp3) is 0.211. The van der Waals surface area contributed by atoms with E-state index in [9.17, 15) is 9.90 Å². The van der Waals surface area contributed by atoms with E-state index >= 15 is 0 Å². The molecule has 0 amide bonds. The maximum atomic E-state index is 11.6. The largest absolute Gasteiger partial charge is 0.478 e. The van der Waals surface area contributed by atoms with Gasteiger partial charge in [0.1, 0.15) is 5.82 Å². The van der Waals surface area contributed by atoms with E-state index in [1.165, 1.54) is 6.07 Å². The van der Waals surface area contributed by atoms with Crippen molar-refractivity contribution in [3.63, 3.8) is 0 Å². The third-order valence-electron chi connectivity index (χ3n) is 3.86. The number of hydrogen-bond acceptors (Lipinski definition) is 4. The number of rotatable bonds is 4. The van der Waals surface area contributed by atoms with E-state index < -0.39 is 5.97 Å². The van der Waals surface area contributed by atoms with Crippen molar-refractivity contribution < 1.29 is 9.90 Å². The van der Waals surface area contributed by atoms with Crippen molar-refractivity contribution in [1.29, 1.82) is 0 Å². The van der Waals surface area contributed by atoms with Gasteiger partial charge in [0.05, 0.1) is 22.6 Å². The number of carboxylic acids is 1. The van der Waals surface area contributed by atoms with E-state index in [1.54, 1.807) is 29.2 Å². The van der Waals surface area contributed by atoms with E-state index in [4.69, 9.17) is 16.7 Å². The Labute approximate surface area is 156 Å². The second-order valence-corrected chi connectivity index (χ2v) is 7.34. The summed E-state index contributed by atoms with van der Waals surface area (Å²) >= 11 is 5.94. The highest BCUT2D eigenvalue weighted by Gasteiger charge is 2.21. The molecule has 3 rings (SSSR count). The molecular weight excluding hydrogens is 352 g/mol. The number of hydrogen-bond donors (Lipinski definition) is 2. The highest BCUT2D eigenvalue weighted by atomic mass is 35.5. The molecule has 0 atom stereocenters. The van der Waals surface area contributed by atoms with Crippen LogP contribution in [0.3, 0.4) is 0 Å². The van der Waals surface area contributed by atoms with Gasteiger partial charge >= 0.3 is 5.97 Å². The quantitative estimate of drug-likeness (QED) is 0.698. The Bertz CT molecular complexity index is 946. The molecule has 0 saturated heterocycles. The van der Waals surface area contributed by atoms with Gasteiger partial charge in [0.2, 0.25) is 0 Å². The van der Waals surface area contributed by atoms with Gasteiger partial charge in [-0.15, -0.1) is 0 Å². The molecule has 3 aromatic rings. The Morgan fingerprint density at radius 3 is 2.46 bits per heavy atom. The van der Waals surface area contributed by atoms with Crippen molar-refractivity contribution >= 4 is 29.1 Å². The van der Waals surface area contributed by atoms with E-state index in [0.29, 0.717) is 16.5 Å². The molecule has 0 aliphatic heterocycles. The van der Waals surface area contributed by atoms with Crippen molar-refractivity contribution in [2.24, 2.45) is 0 Å². The molecule has 0 unspecified atom stereocenters. The number of benzene rings is 1. The molecule has 0 radical (unpaired) electrons. The van der Waals surface area contributed by atoms with Crippen LogP contribution in [-0.2, 0) is 5.41 Å². The Balaban J connectivity index is 2.11. The number of halogens is 1. The molecule has 0 spiro atoms. The number of nitrogens with zero attached hydrogens (tertiary/aromatic N) is 3. The monoisotopic (exact) mass is 370 g/mol. The molecule has 2 heterocycles. The van der Waals surface area contributed by atoms with Crippen molar-refractivity contribution in [3.05, 3.63) is 65.1 Å². The van der Waals surface area contributed by atoms with Crippen molar-refractivity contribution in [3.8, 4) is 5.69 Å². The third kappa shape index (κ3) is 3.70. The van der Waals surface area contributed by atoms with Crippen molar-refractivity contribution in [1.82, 2.24) is 14.8 Å². The van der Waals surface area contributed by atoms with Crippen LogP contribution in [0.15, 0.2) is 48.8 Å². The Kier molecular flexibility index (Phi) is 4.70. The maximum absolute atomic E-state index is 11.6. The van der Waals surface area contributed by atoms with Crippen LogP contribution in [0.5, 0.6) is 0 Å². The molecule has 0 aliphatic rings. The van der Waals surface area contributed by atoms with Crippen LogP contribution < -0.4 is 5.32 Å². The number of aromatic carboxylic acids is 1. The van der Waals surface area contributed by atoms with Crippen LogP contribution >= 0.6 is 11.6 Å². The highest BCUT2D eigenvalue weighted by molar-refractivity contribution is 6.31. The zero-order valence-corrected chi connectivity index (χ0v) is 15.4. The Hall–Kier alpha value is -2.86. The van der Waals surface area contributed by atoms with Crippen LogP contribution in [-0.4, -0.2) is 25.8 Å². The lowest BCUT2D eigenvalue weighted by Gasteiger charge is -2.14. The van der Waals surface area contributed by atoms with E-state index in [-0.39, 0.29) is 11.0 Å². The molecule has 2 N–H and O–H groups in total. The van der Waals surface area contributed by atoms with Gasteiger partial charge in [-0.05, 0) is 30.3 Å². The molecule has 0 aliphatic carbocycles. The Morgan fingerprint density at radius 1 is 1.15 bits per heavy atom. The summed E-state index contributed by atoms with van der Waals surface area (Å²) in [4.78, 5) is 15.6. The summed E-state index contributed by atoms with van der Waals surface area (Å²) in [5.74, 6) is -0.396. The number of carboxylic acid groups (broad SMARTS) is 1. The van der Waals surface area contributed by atoms with E-state index in [2.05, 4.69) is 31.1 Å². The summed E-state index contributed by atoms with van der Waals surface area (Å²) in [7, 11) is 0. The smallest absolute Gasteiger partial charge is 0.337 e. The lowest BCUT2D eigenvalue weighted by Crippen LogP contribution is -2.12. The fourth-order valence-electron chi connectivity index (χ4n) is 2.46. The Morgan fingerprint density at radius 2 is 1.85 bits per heavy atom. The van der Waals surface area contributed by atoms with E-state index in [0.717, 1.165) is 11.4 Å². The number of pyridine rings is 1. The summed E-state index contributed by atoms with van der Waals surface area (Å²) in [6.45, 7) is 6.21. The molecule has 6 nitrogen and oxygen atoms in total. The molecular formula is C19H19ClN4O2. The van der Waals surface area contributed by atoms with Gasteiger partial charge < -0.3 is 10.4 Å². The molecule has 134 valence electrons. The minimum absolute atomic E-state index is 0.0947. The molecule has 1 aromatic carbocycles. The summed E-state index contributed by atoms with van der Waals surface area (Å²) in [6, 6.07) is 10.3. The zero-order valence-electron chi connectivity index (χ0n) is 14.7. The summed E-state index contributed by atoms with van der Waals surface area (Å²) in [6.07, 6.45) is 3.37. The van der Waals surface area contributed by atoms with Gasteiger partial charge in [0.15, 0.2) is 0 Å². The molecule has 26 heavy (non-hydrogen) atoms. The second kappa shape index (κ2) is 6.80. The number of carbonyl (C=O) groups is 1. The van der Waals surface area contributed by atoms with Crippen LogP contribution in [0.1, 0.15) is 36.8 Å². The number of nitrogens with one attached hydrogen (secondary N) is 1. The van der Waals surface area contributed by atoms with Crippen LogP contribution in [0.25, 0.3) is 5.69 Å². The predicted octanol–water partition coefficient (Wildman–Crippen LogP) is 4.66. The van der Waals surface area contributed by atoms with Gasteiger partial charge in [-0.25, -0.2) is 9.48 Å². The first-order chi connectivity index (χ1) is 12.3. The second-order valence-electron chi connectivity index (χ2n) is 6.90. The first kappa shape index (κ1) is 17.9. The van der Waals surface area contributed by atoms with Crippen molar-refractivity contribution in [2.75, 3.05) is 5.32 Å². The van der Waals surface area contributed by atoms with Gasteiger partial charge in [0, 0.05) is 28.9 Å². The zero-order chi connectivity index (χ0) is 18.9. The lowest BCUT2D eigenvalue weighted by atomic mass is 9.92. The first-order valence-corrected chi connectivity index (χ1v) is 8.44. The average molecular weight is 371 g/mol. The molecule has 0 bridgehead atoms. The minimum atomic E-state index is -1.05. The van der Waals surface area contributed by atoms with E-state index in [1.807, 2.05) is 18.2 Å². The average Bonchev–Trinajstić information content (AvgIpc) is 3.01. The van der Waals surface area contributed by atoms with Crippen molar-refractivity contribution in [2.45, 2.75) is 26.2 Å². The third-order valence-corrected chi connectivity index (χ3v) is 4.09. The van der Waals surface area contributed by atoms with Gasteiger partial charge in [-0.2, -0.15) is 5.10 Å². The standard InChI is InChI=1S/C19H19ClN4O2/c1-19(2,3)16-11-17(24(23-16)13-6-8-21-9-7-13)22-15-5-4-12(20)10-14(15)18(25)26/h4-11,22H,1-3H3,(H,25,26). The summed E-state index contributed by atoms with van der Waals surface area (Å²) in [5, 5.41) is 17.7. The topological polar surface area (TPSA) is 80.0 Å². The highest BCUT2D eigenvalue weighted by Crippen LogP contribution is 2.30. The van der Waals surface area contributed by atoms with Gasteiger partial charge in [0.25, 0.3) is 0 Å². The molecule has 0 saturated carbocycles. The molecule has 2 aromatic heterocycles. The predicted molar refractivity (Wildman–Crippen MR) is 102 cm³/mol. The van der Waals surface area contributed by atoms with Crippen LogP contribution in [0.4, 0.5) is 11.5 Å². The number of aromatic nitrogens is 3. The number of anilines is 2.